The second-order valence-electron chi connectivity index (χ2n) is 5.58. The van der Waals surface area contributed by atoms with Crippen molar-refractivity contribution in [1.29, 1.82) is 0 Å². The van der Waals surface area contributed by atoms with Crippen LogP contribution in [0.3, 0.4) is 0 Å². The van der Waals surface area contributed by atoms with Crippen molar-refractivity contribution in [2.75, 3.05) is 0 Å². The molecule has 0 unspecified atom stereocenters. The van der Waals surface area contributed by atoms with Crippen molar-refractivity contribution in [3.63, 3.8) is 0 Å². The molecule has 0 amide bonds. The number of hydrogen-bond donors (Lipinski definition) is 0. The normalized spacial score (nSPS) is 16.4. The van der Waals surface area contributed by atoms with E-state index in [-0.39, 0.29) is 0 Å². The molecule has 2 aromatic rings. The van der Waals surface area contributed by atoms with E-state index in [4.69, 9.17) is 4.99 Å². The summed E-state index contributed by atoms with van der Waals surface area (Å²) in [5.41, 5.74) is 4.38. The molecule has 108 valence electrons. The fourth-order valence-corrected chi connectivity index (χ4v) is 3.36. The fourth-order valence-electron chi connectivity index (χ4n) is 3.02. The van der Waals surface area contributed by atoms with Gasteiger partial charge in [-0.2, -0.15) is 0 Å². The number of aromatic nitrogens is 1. The molecule has 0 spiro atoms. The quantitative estimate of drug-likeness (QED) is 0.523. The van der Waals surface area contributed by atoms with Gasteiger partial charge in [0.05, 0.1) is 17.1 Å². The maximum absolute atomic E-state index is 4.85. The van der Waals surface area contributed by atoms with Crippen molar-refractivity contribution in [2.45, 2.75) is 38.5 Å². The molecule has 1 heterocycles. The Bertz CT molecular complexity index is 658. The zero-order valence-electron chi connectivity index (χ0n) is 12.2. The summed E-state index contributed by atoms with van der Waals surface area (Å²) in [7, 11) is 0. The summed E-state index contributed by atoms with van der Waals surface area (Å²) < 4.78 is 0.846. The minimum atomic E-state index is 0.674. The number of hydrogen-bond acceptors (Lipinski definition) is 2. The summed E-state index contributed by atoms with van der Waals surface area (Å²) in [4.78, 5) is 9.33. The maximum atomic E-state index is 4.85. The third kappa shape index (κ3) is 3.41. The predicted octanol–water partition coefficient (Wildman–Crippen LogP) is 5.64. The molecule has 2 nitrogen and oxygen atoms in total. The van der Waals surface area contributed by atoms with Crippen LogP contribution in [0.1, 0.15) is 49.8 Å². The number of nitrogens with zero attached hydrogens (tertiary/aromatic N) is 2. The first-order chi connectivity index (χ1) is 10.2. The SMILES string of the molecule is CC(=Nc1ccccc1C1CCCC1)c1cccc(Br)n1. The van der Waals surface area contributed by atoms with Crippen LogP contribution >= 0.6 is 15.9 Å². The Morgan fingerprint density at radius 1 is 1.10 bits per heavy atom. The lowest BCUT2D eigenvalue weighted by molar-refractivity contribution is 0.724. The fraction of sp³-hybridized carbons (Fsp3) is 0.333. The lowest BCUT2D eigenvalue weighted by Gasteiger charge is -2.13. The number of halogens is 1. The zero-order chi connectivity index (χ0) is 14.7. The highest BCUT2D eigenvalue weighted by Crippen LogP contribution is 2.38. The first kappa shape index (κ1) is 14.5. The average molecular weight is 343 g/mol. The van der Waals surface area contributed by atoms with E-state index in [1.54, 1.807) is 0 Å². The van der Waals surface area contributed by atoms with E-state index in [9.17, 15) is 0 Å². The van der Waals surface area contributed by atoms with E-state index in [0.29, 0.717) is 5.92 Å². The van der Waals surface area contributed by atoms with Gasteiger partial charge in [0.15, 0.2) is 0 Å². The van der Waals surface area contributed by atoms with Gasteiger partial charge in [0.25, 0.3) is 0 Å². The van der Waals surface area contributed by atoms with Crippen LogP contribution in [0.4, 0.5) is 5.69 Å². The van der Waals surface area contributed by atoms with E-state index in [2.05, 4.69) is 45.2 Å². The lowest BCUT2D eigenvalue weighted by Crippen LogP contribution is -1.99. The Balaban J connectivity index is 1.95. The van der Waals surface area contributed by atoms with Gasteiger partial charge in [0, 0.05) is 0 Å². The molecule has 0 atom stereocenters. The Morgan fingerprint density at radius 3 is 2.62 bits per heavy atom. The largest absolute Gasteiger partial charge is 0.251 e. The van der Waals surface area contributed by atoms with Crippen LogP contribution in [0.25, 0.3) is 0 Å². The van der Waals surface area contributed by atoms with E-state index in [1.165, 1.54) is 31.2 Å². The molecule has 0 N–H and O–H groups in total. The van der Waals surface area contributed by atoms with Crippen molar-refractivity contribution in [3.05, 3.63) is 58.3 Å². The molecule has 1 aliphatic rings. The summed E-state index contributed by atoms with van der Waals surface area (Å²) in [6.45, 7) is 2.03. The number of benzene rings is 1. The van der Waals surface area contributed by atoms with Crippen molar-refractivity contribution in [3.8, 4) is 0 Å². The number of para-hydroxylation sites is 1. The lowest BCUT2D eigenvalue weighted by atomic mass is 9.96. The molecule has 0 aliphatic heterocycles. The number of rotatable bonds is 3. The summed E-state index contributed by atoms with van der Waals surface area (Å²) in [6.07, 6.45) is 5.27. The molecule has 21 heavy (non-hydrogen) atoms. The minimum Gasteiger partial charge on any atom is -0.251 e. The molecule has 1 aromatic carbocycles. The molecular weight excluding hydrogens is 324 g/mol. The Kier molecular flexibility index (Phi) is 4.49. The molecule has 3 rings (SSSR count). The number of aliphatic imine (C=N–C) groups is 1. The van der Waals surface area contributed by atoms with Gasteiger partial charge in [-0.05, 0) is 65.4 Å². The zero-order valence-corrected chi connectivity index (χ0v) is 13.8. The van der Waals surface area contributed by atoms with Gasteiger partial charge >= 0.3 is 0 Å². The van der Waals surface area contributed by atoms with Crippen LogP contribution in [-0.4, -0.2) is 10.7 Å². The highest BCUT2D eigenvalue weighted by molar-refractivity contribution is 9.10. The van der Waals surface area contributed by atoms with Crippen LogP contribution in [0.15, 0.2) is 52.1 Å². The molecule has 3 heteroatoms. The second-order valence-corrected chi connectivity index (χ2v) is 6.40. The smallest absolute Gasteiger partial charge is 0.106 e. The minimum absolute atomic E-state index is 0.674. The van der Waals surface area contributed by atoms with E-state index >= 15 is 0 Å². The molecule has 0 saturated heterocycles. The molecular formula is C18H19BrN2. The second kappa shape index (κ2) is 6.52. The molecule has 1 aliphatic carbocycles. The van der Waals surface area contributed by atoms with Crippen LogP contribution < -0.4 is 0 Å². The first-order valence-corrected chi connectivity index (χ1v) is 8.30. The highest BCUT2D eigenvalue weighted by Gasteiger charge is 2.19. The predicted molar refractivity (Wildman–Crippen MR) is 91.5 cm³/mol. The van der Waals surface area contributed by atoms with E-state index in [0.717, 1.165) is 21.7 Å². The Hall–Kier alpha value is -1.48. The summed E-state index contributed by atoms with van der Waals surface area (Å²) in [5, 5.41) is 0. The topological polar surface area (TPSA) is 25.2 Å². The van der Waals surface area contributed by atoms with Gasteiger partial charge in [-0.3, -0.25) is 4.99 Å². The summed E-state index contributed by atoms with van der Waals surface area (Å²) in [6, 6.07) is 14.5. The van der Waals surface area contributed by atoms with Crippen molar-refractivity contribution < 1.29 is 0 Å². The van der Waals surface area contributed by atoms with Gasteiger partial charge in [-0.1, -0.05) is 37.1 Å². The van der Waals surface area contributed by atoms with Crippen molar-refractivity contribution in [2.24, 2.45) is 4.99 Å². The van der Waals surface area contributed by atoms with Gasteiger partial charge in [0.1, 0.15) is 4.60 Å². The Labute approximate surface area is 134 Å². The molecule has 0 bridgehead atoms. The third-order valence-corrected chi connectivity index (χ3v) is 4.55. The first-order valence-electron chi connectivity index (χ1n) is 7.51. The number of pyridine rings is 1. The van der Waals surface area contributed by atoms with Gasteiger partial charge in [-0.15, -0.1) is 0 Å². The van der Waals surface area contributed by atoms with Gasteiger partial charge in [-0.25, -0.2) is 4.98 Å². The van der Waals surface area contributed by atoms with Gasteiger partial charge < -0.3 is 0 Å². The molecule has 1 saturated carbocycles. The van der Waals surface area contributed by atoms with E-state index < -0.39 is 0 Å². The maximum Gasteiger partial charge on any atom is 0.106 e. The van der Waals surface area contributed by atoms with Crippen LogP contribution in [-0.2, 0) is 0 Å². The third-order valence-electron chi connectivity index (χ3n) is 4.11. The molecule has 1 fully saturated rings. The monoisotopic (exact) mass is 342 g/mol. The summed E-state index contributed by atoms with van der Waals surface area (Å²) >= 11 is 3.42. The highest BCUT2D eigenvalue weighted by atomic mass is 79.9. The van der Waals surface area contributed by atoms with Crippen molar-refractivity contribution >= 4 is 27.3 Å². The molecule has 1 aromatic heterocycles. The average Bonchev–Trinajstić information content (AvgIpc) is 3.02. The molecule has 0 radical (unpaired) electrons. The van der Waals surface area contributed by atoms with Crippen LogP contribution in [0.2, 0.25) is 0 Å². The van der Waals surface area contributed by atoms with E-state index in [1.807, 2.05) is 25.1 Å². The van der Waals surface area contributed by atoms with Crippen LogP contribution in [0.5, 0.6) is 0 Å². The standard InChI is InChI=1S/C18H19BrN2/c1-13(16-11-6-12-18(19)21-16)20-17-10-5-4-9-15(17)14-7-2-3-8-14/h4-6,9-12,14H,2-3,7-8H2,1H3. The van der Waals surface area contributed by atoms with Crippen molar-refractivity contribution in [1.82, 2.24) is 4.98 Å². The summed E-state index contributed by atoms with van der Waals surface area (Å²) in [5.74, 6) is 0.674. The Morgan fingerprint density at radius 2 is 1.86 bits per heavy atom. The van der Waals surface area contributed by atoms with Crippen LogP contribution in [0, 0.1) is 0 Å². The van der Waals surface area contributed by atoms with Gasteiger partial charge in [0.2, 0.25) is 0 Å².